The van der Waals surface area contributed by atoms with Crippen LogP contribution in [0, 0.1) is 0 Å². The van der Waals surface area contributed by atoms with Gasteiger partial charge in [0.1, 0.15) is 73.2 Å². The molecule has 0 radical (unpaired) electrons. The zero-order chi connectivity index (χ0) is 80.3. The number of nitrogens with one attached hydrogen (secondary N) is 1. The summed E-state index contributed by atoms with van der Waals surface area (Å²) in [6, 6.07) is -1.01. The highest BCUT2D eigenvalue weighted by Crippen LogP contribution is 2.33. The van der Waals surface area contributed by atoms with Gasteiger partial charge in [-0.05, 0) is 103 Å². The number of carbonyl (C=O) groups excluding carboxylic acids is 1. The van der Waals surface area contributed by atoms with E-state index in [9.17, 15) is 61.0 Å². The highest BCUT2D eigenvalue weighted by molar-refractivity contribution is 5.76. The van der Waals surface area contributed by atoms with Crippen molar-refractivity contribution in [3.8, 4) is 0 Å². The lowest BCUT2D eigenvalue weighted by atomic mass is 9.96. The van der Waals surface area contributed by atoms with E-state index < -0.39 is 124 Å². The third kappa shape index (κ3) is 48.9. The summed E-state index contributed by atoms with van der Waals surface area (Å²) in [6.45, 7) is 1.62. The Kier molecular flexibility index (Phi) is 63.9. The molecular weight excluding hydrogens is 1410 g/mol. The Labute approximate surface area is 670 Å². The molecule has 0 spiro atoms. The quantitative estimate of drug-likeness (QED) is 0.0199. The Balaban J connectivity index is 1.37. The van der Waals surface area contributed by atoms with Crippen LogP contribution in [0.15, 0.2) is 134 Å². The summed E-state index contributed by atoms with van der Waals surface area (Å²) in [5.74, 6) is -0.299. The summed E-state index contributed by atoms with van der Waals surface area (Å²) in [4.78, 5) is 13.5. The second kappa shape index (κ2) is 70.2. The average molecular weight is 1570 g/mol. The Hall–Kier alpha value is -4.07. The van der Waals surface area contributed by atoms with E-state index in [1.54, 1.807) is 6.08 Å². The van der Waals surface area contributed by atoms with Crippen molar-refractivity contribution in [1.82, 2.24) is 5.32 Å². The van der Waals surface area contributed by atoms with Gasteiger partial charge in [0.2, 0.25) is 5.91 Å². The minimum Gasteiger partial charge on any atom is -0.394 e. The predicted octanol–water partition coefficient (Wildman–Crippen LogP) is 16.4. The maximum atomic E-state index is 13.5. The first-order chi connectivity index (χ1) is 54.3. The molecule has 19 heteroatoms. The first kappa shape index (κ1) is 101. The van der Waals surface area contributed by atoms with Crippen LogP contribution in [0.2, 0.25) is 0 Å². The van der Waals surface area contributed by atoms with E-state index in [2.05, 4.69) is 141 Å². The predicted molar refractivity (Wildman–Crippen MR) is 447 cm³/mol. The number of ether oxygens (including phenoxy) is 6. The molecule has 3 rings (SSSR count). The van der Waals surface area contributed by atoms with Crippen molar-refractivity contribution in [2.45, 2.75) is 413 Å². The summed E-state index contributed by atoms with van der Waals surface area (Å²) in [5, 5.41) is 121. The van der Waals surface area contributed by atoms with Crippen molar-refractivity contribution in [1.29, 1.82) is 0 Å². The van der Waals surface area contributed by atoms with Crippen LogP contribution in [0.3, 0.4) is 0 Å². The molecule has 17 unspecified atom stereocenters. The van der Waals surface area contributed by atoms with Gasteiger partial charge in [-0.25, -0.2) is 0 Å². The Morgan fingerprint density at radius 2 is 0.631 bits per heavy atom. The lowest BCUT2D eigenvalue weighted by molar-refractivity contribution is -0.379. The number of hydrogen-bond donors (Lipinski definition) is 12. The summed E-state index contributed by atoms with van der Waals surface area (Å²) in [6.07, 6.45) is 74.4. The maximum absolute atomic E-state index is 13.5. The molecule has 3 aliphatic heterocycles. The van der Waals surface area contributed by atoms with Gasteiger partial charge in [0.25, 0.3) is 0 Å². The van der Waals surface area contributed by atoms with Gasteiger partial charge < -0.3 is 89.9 Å². The Morgan fingerprint density at radius 1 is 0.333 bits per heavy atom. The normalized spacial score (nSPS) is 25.7. The molecular formula is C92H157NO18. The summed E-state index contributed by atoms with van der Waals surface area (Å²) < 4.78 is 34.5. The average Bonchev–Trinajstić information content (AvgIpc) is 0.780. The largest absolute Gasteiger partial charge is 0.394 e. The van der Waals surface area contributed by atoms with Gasteiger partial charge in [-0.2, -0.15) is 0 Å². The number of unbranched alkanes of at least 4 members (excludes halogenated alkanes) is 33. The fraction of sp³-hybridized carbons (Fsp3) is 0.750. The van der Waals surface area contributed by atoms with E-state index in [-0.39, 0.29) is 18.9 Å². The smallest absolute Gasteiger partial charge is 0.220 e. The van der Waals surface area contributed by atoms with Gasteiger partial charge in [-0.1, -0.05) is 334 Å². The van der Waals surface area contributed by atoms with E-state index in [1.807, 2.05) is 6.08 Å². The molecule has 17 atom stereocenters. The fourth-order valence-corrected chi connectivity index (χ4v) is 14.0. The Bertz CT molecular complexity index is 2530. The van der Waals surface area contributed by atoms with E-state index in [4.69, 9.17) is 28.4 Å². The molecule has 1 amide bonds. The standard InChI is InChI=1S/C92H157NO18/c1-3-5-7-9-11-13-15-17-19-21-23-25-27-29-31-33-35-36-37-38-40-42-44-46-48-50-52-54-56-58-60-62-64-66-68-70-80(98)93-75(76(97)69-67-65-63-61-59-57-55-53-51-49-47-45-43-41-39-34-32-30-28-26-24-22-20-18-16-14-12-10-8-6-4-2)74-106-90-86(104)83(101)88(78(72-95)108-90)111-92-87(105)84(102)89(79(73-96)109-92)110-91-85(103)82(100)81(99)77(71-94)107-91/h5,7,11,13,17,19,23,25,29,31,35-36,38,40,44,46,50,52,59,61,67,69,75-79,81-92,94-97,99-105H,3-4,6,8-10,12,14-16,18,20-22,24,26-28,30,32-34,37,39,41-43,45,47-49,51,53-58,60,62-66,68,70-74H2,1-2H3,(H,93,98)/b7-5-,13-11-,19-17-,25-23-,31-29-,36-35-,40-38-,46-44-,52-50-,61-59+,69-67+. The molecule has 0 saturated carbocycles. The van der Waals surface area contributed by atoms with Crippen molar-refractivity contribution < 1.29 is 89.4 Å². The molecule has 0 aliphatic carbocycles. The molecule has 3 aliphatic rings. The zero-order valence-corrected chi connectivity index (χ0v) is 68.6. The van der Waals surface area contributed by atoms with Gasteiger partial charge in [-0.3, -0.25) is 4.79 Å². The molecule has 3 fully saturated rings. The number of rotatable bonds is 69. The van der Waals surface area contributed by atoms with Gasteiger partial charge in [0.15, 0.2) is 18.9 Å². The van der Waals surface area contributed by atoms with Crippen LogP contribution >= 0.6 is 0 Å². The number of hydrogen-bond acceptors (Lipinski definition) is 18. The van der Waals surface area contributed by atoms with Crippen molar-refractivity contribution in [2.24, 2.45) is 0 Å². The maximum Gasteiger partial charge on any atom is 0.220 e. The van der Waals surface area contributed by atoms with Crippen LogP contribution < -0.4 is 5.32 Å². The van der Waals surface area contributed by atoms with Crippen LogP contribution in [-0.4, -0.2) is 193 Å². The molecule has 3 saturated heterocycles. The highest BCUT2D eigenvalue weighted by Gasteiger charge is 2.54. The zero-order valence-electron chi connectivity index (χ0n) is 68.6. The van der Waals surface area contributed by atoms with E-state index in [0.717, 1.165) is 122 Å². The van der Waals surface area contributed by atoms with Gasteiger partial charge in [0, 0.05) is 6.42 Å². The van der Waals surface area contributed by atoms with Crippen molar-refractivity contribution in [3.63, 3.8) is 0 Å². The molecule has 0 aromatic heterocycles. The van der Waals surface area contributed by atoms with Crippen molar-refractivity contribution >= 4 is 5.91 Å². The number of carbonyl (C=O) groups is 1. The Morgan fingerprint density at radius 3 is 1.01 bits per heavy atom. The highest BCUT2D eigenvalue weighted by atomic mass is 16.8. The molecule has 638 valence electrons. The van der Waals surface area contributed by atoms with Gasteiger partial charge in [-0.15, -0.1) is 0 Å². The summed E-state index contributed by atoms with van der Waals surface area (Å²) >= 11 is 0. The fourth-order valence-electron chi connectivity index (χ4n) is 14.0. The first-order valence-corrected chi connectivity index (χ1v) is 43.9. The lowest BCUT2D eigenvalue weighted by Crippen LogP contribution is -2.66. The monoisotopic (exact) mass is 1560 g/mol. The number of amides is 1. The second-order valence-electron chi connectivity index (χ2n) is 30.6. The number of aliphatic hydroxyl groups is 11. The van der Waals surface area contributed by atoms with Crippen molar-refractivity contribution in [3.05, 3.63) is 134 Å². The van der Waals surface area contributed by atoms with Crippen LogP contribution in [0.4, 0.5) is 0 Å². The summed E-state index contributed by atoms with van der Waals surface area (Å²) in [7, 11) is 0. The molecule has 111 heavy (non-hydrogen) atoms. The third-order valence-electron chi connectivity index (χ3n) is 20.9. The minimum atomic E-state index is -1.99. The first-order valence-electron chi connectivity index (χ1n) is 43.9. The van der Waals surface area contributed by atoms with Crippen LogP contribution in [0.1, 0.15) is 309 Å². The van der Waals surface area contributed by atoms with Crippen LogP contribution in [0.5, 0.6) is 0 Å². The lowest BCUT2D eigenvalue weighted by Gasteiger charge is -2.48. The minimum absolute atomic E-state index is 0.214. The molecule has 19 nitrogen and oxygen atoms in total. The summed E-state index contributed by atoms with van der Waals surface area (Å²) in [5.41, 5.74) is 0. The van der Waals surface area contributed by atoms with Gasteiger partial charge in [0.05, 0.1) is 38.6 Å². The molecule has 12 N–H and O–H groups in total. The second-order valence-corrected chi connectivity index (χ2v) is 30.6. The molecule has 3 heterocycles. The SMILES string of the molecule is CC/C=C\C/C=C\C/C=C\C/C=C\C/C=C\C/C=C\C/C=C\C/C=C\C/C=C\CCCCCCCCCC(=O)NC(COC1OC(CO)C(OC2OC(CO)C(OC3OC(CO)C(O)C(O)C3O)C(O)C2O)C(O)C1O)C(O)/C=C/CC/C=C/CCCCCCCCCCCCCCCCCCCCCCCCCCC. The van der Waals surface area contributed by atoms with Crippen LogP contribution in [-0.2, 0) is 33.2 Å². The number of allylic oxidation sites excluding steroid dienone is 21. The number of aliphatic hydroxyl groups excluding tert-OH is 11. The van der Waals surface area contributed by atoms with Crippen LogP contribution in [0.25, 0.3) is 0 Å². The van der Waals surface area contributed by atoms with Crippen molar-refractivity contribution in [2.75, 3.05) is 26.4 Å². The molecule has 0 aromatic carbocycles. The topological polar surface area (TPSA) is 307 Å². The molecule has 0 bridgehead atoms. The third-order valence-corrected chi connectivity index (χ3v) is 20.9. The van der Waals surface area contributed by atoms with E-state index >= 15 is 0 Å². The van der Waals surface area contributed by atoms with E-state index in [1.165, 1.54) is 154 Å². The van der Waals surface area contributed by atoms with E-state index in [0.29, 0.717) is 12.8 Å². The molecule has 0 aromatic rings. The van der Waals surface area contributed by atoms with Gasteiger partial charge >= 0.3 is 0 Å².